The van der Waals surface area contributed by atoms with Crippen LogP contribution in [0.2, 0.25) is 0 Å². The zero-order valence-corrected chi connectivity index (χ0v) is 9.81. The summed E-state index contributed by atoms with van der Waals surface area (Å²) in [5, 5.41) is 21.4. The van der Waals surface area contributed by atoms with E-state index in [0.29, 0.717) is 11.1 Å². The molecule has 0 aliphatic carbocycles. The third-order valence-electron chi connectivity index (χ3n) is 2.42. The molecule has 0 fully saturated rings. The maximum absolute atomic E-state index is 11.1. The quantitative estimate of drug-likeness (QED) is 0.654. The second kappa shape index (κ2) is 4.46. The van der Waals surface area contributed by atoms with Gasteiger partial charge in [0.1, 0.15) is 10.6 Å². The van der Waals surface area contributed by atoms with E-state index >= 15 is 0 Å². The van der Waals surface area contributed by atoms with E-state index in [4.69, 9.17) is 10.8 Å². The molecule has 1 heterocycles. The summed E-state index contributed by atoms with van der Waals surface area (Å²) < 4.78 is 0. The largest absolute Gasteiger partial charge is 0.478 e. The number of carboxylic acids is 1. The first-order valence-electron chi connectivity index (χ1n) is 4.86. The zero-order valence-electron chi connectivity index (χ0n) is 8.99. The van der Waals surface area contributed by atoms with Gasteiger partial charge in [0.05, 0.1) is 4.92 Å². The van der Waals surface area contributed by atoms with E-state index in [-0.39, 0.29) is 16.3 Å². The van der Waals surface area contributed by atoms with E-state index < -0.39 is 10.9 Å². The van der Waals surface area contributed by atoms with Crippen LogP contribution in [-0.2, 0) is 0 Å². The Morgan fingerprint density at radius 1 is 1.33 bits per heavy atom. The monoisotopic (exact) mass is 264 g/mol. The Morgan fingerprint density at radius 3 is 2.44 bits per heavy atom. The van der Waals surface area contributed by atoms with Crippen molar-refractivity contribution in [2.75, 3.05) is 5.73 Å². The molecule has 0 aliphatic heterocycles. The molecule has 0 spiro atoms. The molecule has 2 rings (SSSR count). The second-order valence-corrected chi connectivity index (χ2v) is 4.41. The van der Waals surface area contributed by atoms with Gasteiger partial charge in [-0.3, -0.25) is 10.1 Å². The van der Waals surface area contributed by atoms with Gasteiger partial charge in [0.25, 0.3) is 5.69 Å². The maximum atomic E-state index is 11.1. The van der Waals surface area contributed by atoms with E-state index in [9.17, 15) is 14.9 Å². The molecule has 0 amide bonds. The van der Waals surface area contributed by atoms with Crippen LogP contribution >= 0.6 is 11.3 Å². The van der Waals surface area contributed by atoms with Gasteiger partial charge in [0.15, 0.2) is 0 Å². The van der Waals surface area contributed by atoms with E-state index in [1.807, 2.05) is 0 Å². The first-order valence-corrected chi connectivity index (χ1v) is 5.73. The second-order valence-electron chi connectivity index (χ2n) is 3.50. The normalized spacial score (nSPS) is 10.2. The molecule has 7 heteroatoms. The van der Waals surface area contributed by atoms with Gasteiger partial charge in [0.2, 0.25) is 0 Å². The summed E-state index contributed by atoms with van der Waals surface area (Å²) in [6, 6.07) is 5.67. The molecule has 0 radical (unpaired) electrons. The van der Waals surface area contributed by atoms with Crippen molar-refractivity contribution in [1.29, 1.82) is 0 Å². The van der Waals surface area contributed by atoms with Crippen molar-refractivity contribution in [3.63, 3.8) is 0 Å². The Bertz CT molecular complexity index is 618. The first kappa shape index (κ1) is 12.1. The lowest BCUT2D eigenvalue weighted by Gasteiger charge is -2.01. The molecule has 18 heavy (non-hydrogen) atoms. The molecule has 0 bridgehead atoms. The number of carboxylic acid groups (broad SMARTS) is 1. The molecule has 3 N–H and O–H groups in total. The number of non-ortho nitro benzene ring substituents is 1. The molecule has 1 aromatic carbocycles. The lowest BCUT2D eigenvalue weighted by Crippen LogP contribution is -2.00. The lowest BCUT2D eigenvalue weighted by molar-refractivity contribution is -0.384. The van der Waals surface area contributed by atoms with Crippen LogP contribution in [0.25, 0.3) is 11.1 Å². The topological polar surface area (TPSA) is 106 Å². The molecular weight excluding hydrogens is 256 g/mol. The number of nitro groups is 1. The zero-order chi connectivity index (χ0) is 13.3. The van der Waals surface area contributed by atoms with Crippen LogP contribution in [0, 0.1) is 10.1 Å². The molecule has 1 aromatic heterocycles. The molecule has 6 nitrogen and oxygen atoms in total. The average Bonchev–Trinajstić information content (AvgIpc) is 2.71. The number of nitro benzene ring substituents is 1. The summed E-state index contributed by atoms with van der Waals surface area (Å²) in [5.41, 5.74) is 6.64. The number of thiophene rings is 1. The summed E-state index contributed by atoms with van der Waals surface area (Å²) in [7, 11) is 0. The van der Waals surface area contributed by atoms with Gasteiger partial charge in [-0.2, -0.15) is 0 Å². The van der Waals surface area contributed by atoms with Crippen LogP contribution in [0.5, 0.6) is 0 Å². The SMILES string of the molecule is Nc1scc(-c2ccc([N+](=O)[O-])cc2)c1C(=O)O. The van der Waals surface area contributed by atoms with E-state index in [2.05, 4.69) is 0 Å². The van der Waals surface area contributed by atoms with Gasteiger partial charge in [-0.15, -0.1) is 11.3 Å². The Hall–Kier alpha value is -2.41. The number of aromatic carboxylic acids is 1. The minimum absolute atomic E-state index is 0.0360. The van der Waals surface area contributed by atoms with Crippen LogP contribution in [-0.4, -0.2) is 16.0 Å². The van der Waals surface area contributed by atoms with E-state index in [1.165, 1.54) is 24.3 Å². The van der Waals surface area contributed by atoms with Crippen molar-refractivity contribution in [3.8, 4) is 11.1 Å². The van der Waals surface area contributed by atoms with Gasteiger partial charge in [-0.1, -0.05) is 0 Å². The van der Waals surface area contributed by atoms with Gasteiger partial charge in [0, 0.05) is 23.1 Å². The number of hydrogen-bond acceptors (Lipinski definition) is 5. The third-order valence-corrected chi connectivity index (χ3v) is 3.23. The van der Waals surface area contributed by atoms with Gasteiger partial charge in [-0.05, 0) is 17.7 Å². The van der Waals surface area contributed by atoms with E-state index in [0.717, 1.165) is 11.3 Å². The Kier molecular flexibility index (Phi) is 2.99. The minimum atomic E-state index is -1.11. The number of carbonyl (C=O) groups is 1. The number of nitrogen functional groups attached to an aromatic ring is 1. The predicted molar refractivity (Wildman–Crippen MR) is 67.8 cm³/mol. The fraction of sp³-hybridized carbons (Fsp3) is 0. The molecule has 0 saturated carbocycles. The number of hydrogen-bond donors (Lipinski definition) is 2. The maximum Gasteiger partial charge on any atom is 0.339 e. The molecule has 0 aliphatic rings. The summed E-state index contributed by atoms with van der Waals surface area (Å²) in [6.45, 7) is 0. The third kappa shape index (κ3) is 2.03. The fourth-order valence-corrected chi connectivity index (χ4v) is 2.38. The number of anilines is 1. The predicted octanol–water partition coefficient (Wildman–Crippen LogP) is 2.60. The van der Waals surface area contributed by atoms with Crippen molar-refractivity contribution < 1.29 is 14.8 Å². The lowest BCUT2D eigenvalue weighted by atomic mass is 10.0. The van der Waals surface area contributed by atoms with Crippen LogP contribution in [0.3, 0.4) is 0 Å². The van der Waals surface area contributed by atoms with Crippen LogP contribution in [0.1, 0.15) is 10.4 Å². The molecule has 92 valence electrons. The van der Waals surface area contributed by atoms with Crippen molar-refractivity contribution >= 4 is 28.0 Å². The summed E-state index contributed by atoms with van der Waals surface area (Å²) in [5.74, 6) is -1.11. The Morgan fingerprint density at radius 2 is 1.94 bits per heavy atom. The van der Waals surface area contributed by atoms with Crippen molar-refractivity contribution in [2.45, 2.75) is 0 Å². The highest BCUT2D eigenvalue weighted by molar-refractivity contribution is 7.14. The highest BCUT2D eigenvalue weighted by Crippen LogP contribution is 2.34. The average molecular weight is 264 g/mol. The van der Waals surface area contributed by atoms with Gasteiger partial charge < -0.3 is 10.8 Å². The number of nitrogens with two attached hydrogens (primary N) is 1. The molecular formula is C11H8N2O4S. The summed E-state index contributed by atoms with van der Waals surface area (Å²) >= 11 is 1.13. The van der Waals surface area contributed by atoms with Crippen LogP contribution < -0.4 is 5.73 Å². The van der Waals surface area contributed by atoms with Gasteiger partial charge in [-0.25, -0.2) is 4.79 Å². The fourth-order valence-electron chi connectivity index (χ4n) is 1.57. The van der Waals surface area contributed by atoms with Crippen LogP contribution in [0.4, 0.5) is 10.7 Å². The van der Waals surface area contributed by atoms with Crippen molar-refractivity contribution in [2.24, 2.45) is 0 Å². The highest BCUT2D eigenvalue weighted by atomic mass is 32.1. The molecule has 0 unspecified atom stereocenters. The number of rotatable bonds is 3. The van der Waals surface area contributed by atoms with Crippen molar-refractivity contribution in [1.82, 2.24) is 0 Å². The smallest absolute Gasteiger partial charge is 0.339 e. The standard InChI is InChI=1S/C11H8N2O4S/c12-10-9(11(14)15)8(5-18-10)6-1-3-7(4-2-6)13(16)17/h1-5H,12H2,(H,14,15). The first-order chi connectivity index (χ1) is 8.50. The van der Waals surface area contributed by atoms with Gasteiger partial charge >= 0.3 is 5.97 Å². The molecule has 0 saturated heterocycles. The number of benzene rings is 1. The summed E-state index contributed by atoms with van der Waals surface area (Å²) in [6.07, 6.45) is 0. The number of nitrogens with zero attached hydrogens (tertiary/aromatic N) is 1. The summed E-state index contributed by atoms with van der Waals surface area (Å²) in [4.78, 5) is 21.1. The minimum Gasteiger partial charge on any atom is -0.478 e. The molecule has 2 aromatic rings. The molecule has 0 atom stereocenters. The highest BCUT2D eigenvalue weighted by Gasteiger charge is 2.18. The Labute approximate surface area is 105 Å². The van der Waals surface area contributed by atoms with Crippen LogP contribution in [0.15, 0.2) is 29.6 Å². The Balaban J connectivity index is 2.49. The van der Waals surface area contributed by atoms with Crippen molar-refractivity contribution in [3.05, 3.63) is 45.3 Å². The van der Waals surface area contributed by atoms with E-state index in [1.54, 1.807) is 5.38 Å².